The molecule has 0 spiro atoms. The molecule has 3 aliphatic rings. The first kappa shape index (κ1) is 17.4. The number of carbonyl (C=O) groups excluding carboxylic acids is 2. The highest BCUT2D eigenvalue weighted by atomic mass is 32.1. The van der Waals surface area contributed by atoms with Gasteiger partial charge in [-0.25, -0.2) is 0 Å². The fourth-order valence-electron chi connectivity index (χ4n) is 4.15. The minimum absolute atomic E-state index is 0.0269. The van der Waals surface area contributed by atoms with Crippen LogP contribution >= 0.6 is 11.3 Å². The predicted octanol–water partition coefficient (Wildman–Crippen LogP) is 3.69. The molecule has 0 unspecified atom stereocenters. The molecular weight excluding hydrogens is 344 g/mol. The minimum atomic E-state index is 0.0269. The van der Waals surface area contributed by atoms with Crippen molar-refractivity contribution in [2.24, 2.45) is 5.92 Å². The Morgan fingerprint density at radius 2 is 1.77 bits per heavy atom. The second kappa shape index (κ2) is 7.33. The Kier molecular flexibility index (Phi) is 4.92. The first-order valence-electron chi connectivity index (χ1n) is 9.28. The molecule has 1 amide bonds. The molecule has 3 fully saturated rings. The number of rotatable bonds is 4. The van der Waals surface area contributed by atoms with Gasteiger partial charge in [0.25, 0.3) is 5.91 Å². The van der Waals surface area contributed by atoms with Gasteiger partial charge in [-0.3, -0.25) is 14.5 Å². The molecule has 4 nitrogen and oxygen atoms in total. The van der Waals surface area contributed by atoms with E-state index in [0.717, 1.165) is 32.6 Å². The number of benzene rings is 1. The molecule has 0 saturated carbocycles. The number of nitrogens with zero attached hydrogens (tertiary/aromatic N) is 2. The second-order valence-corrected chi connectivity index (χ2v) is 8.53. The Morgan fingerprint density at radius 3 is 2.50 bits per heavy atom. The lowest BCUT2D eigenvalue weighted by Crippen LogP contribution is -2.43. The van der Waals surface area contributed by atoms with Gasteiger partial charge < -0.3 is 4.90 Å². The van der Waals surface area contributed by atoms with Crippen molar-refractivity contribution in [1.29, 1.82) is 0 Å². The summed E-state index contributed by atoms with van der Waals surface area (Å²) in [6, 6.07) is 14.6. The zero-order valence-corrected chi connectivity index (χ0v) is 15.9. The molecule has 0 radical (unpaired) electrons. The number of Topliss-reactive ketones (excluding diaryl/α,β-unsaturated/α-hetero) is 1. The van der Waals surface area contributed by atoms with Crippen LogP contribution in [0, 0.1) is 5.92 Å². The molecule has 3 aliphatic heterocycles. The second-order valence-electron chi connectivity index (χ2n) is 7.44. The van der Waals surface area contributed by atoms with Crippen molar-refractivity contribution >= 4 is 23.0 Å². The summed E-state index contributed by atoms with van der Waals surface area (Å²) in [5.74, 6) is 0.647. The van der Waals surface area contributed by atoms with E-state index in [1.807, 2.05) is 4.90 Å². The van der Waals surface area contributed by atoms with Crippen LogP contribution < -0.4 is 0 Å². The van der Waals surface area contributed by atoms with Crippen molar-refractivity contribution in [2.45, 2.75) is 32.4 Å². The van der Waals surface area contributed by atoms with Crippen molar-refractivity contribution in [2.75, 3.05) is 19.6 Å². The number of amides is 1. The lowest BCUT2D eigenvalue weighted by Gasteiger charge is -2.36. The van der Waals surface area contributed by atoms with Gasteiger partial charge in [-0.2, -0.15) is 0 Å². The first-order valence-corrected chi connectivity index (χ1v) is 10.1. The molecule has 0 N–H and O–H groups in total. The van der Waals surface area contributed by atoms with Gasteiger partial charge >= 0.3 is 0 Å². The SMILES string of the molecule is CC(=O)c1ccc(C(=O)N2C[C@@H]3CC[C@H](C2)N(Cc2ccccc2)C3)s1. The van der Waals surface area contributed by atoms with E-state index in [1.165, 1.54) is 23.3 Å². The maximum absolute atomic E-state index is 13.0. The summed E-state index contributed by atoms with van der Waals surface area (Å²) in [6.45, 7) is 5.18. The van der Waals surface area contributed by atoms with Gasteiger partial charge in [-0.05, 0) is 43.4 Å². The molecular formula is C21H24N2O2S. The third-order valence-corrected chi connectivity index (χ3v) is 6.68. The first-order chi connectivity index (χ1) is 12.6. The summed E-state index contributed by atoms with van der Waals surface area (Å²) in [5.41, 5.74) is 1.34. The van der Waals surface area contributed by atoms with Crippen LogP contribution in [0.2, 0.25) is 0 Å². The number of hydrogen-bond acceptors (Lipinski definition) is 4. The molecule has 5 heteroatoms. The lowest BCUT2D eigenvalue weighted by molar-refractivity contribution is 0.0740. The quantitative estimate of drug-likeness (QED) is 0.773. The summed E-state index contributed by atoms with van der Waals surface area (Å²) in [4.78, 5) is 30.4. The number of fused-ring (bicyclic) bond motifs is 4. The maximum atomic E-state index is 13.0. The predicted molar refractivity (Wildman–Crippen MR) is 104 cm³/mol. The number of ketones is 1. The summed E-state index contributed by atoms with van der Waals surface area (Å²) < 4.78 is 0. The summed E-state index contributed by atoms with van der Waals surface area (Å²) in [5, 5.41) is 0. The van der Waals surface area contributed by atoms with E-state index in [0.29, 0.717) is 21.7 Å². The smallest absolute Gasteiger partial charge is 0.264 e. The van der Waals surface area contributed by atoms with Crippen molar-refractivity contribution in [3.8, 4) is 0 Å². The van der Waals surface area contributed by atoms with Gasteiger partial charge in [0, 0.05) is 32.2 Å². The zero-order valence-electron chi connectivity index (χ0n) is 15.1. The normalized spacial score (nSPS) is 23.0. The molecule has 3 saturated heterocycles. The standard InChI is InChI=1S/C21H24N2O2S/c1-15(24)19-9-10-20(26-19)21(25)23-13-17-7-8-18(14-23)22(12-17)11-16-5-3-2-4-6-16/h2-6,9-10,17-18H,7-8,11-14H2,1H3/t17-,18-/m1/s1. The van der Waals surface area contributed by atoms with Crippen LogP contribution in [0.4, 0.5) is 0 Å². The van der Waals surface area contributed by atoms with Crippen LogP contribution in [0.1, 0.15) is 44.7 Å². The molecule has 136 valence electrons. The topological polar surface area (TPSA) is 40.6 Å². The third kappa shape index (κ3) is 3.60. The molecule has 2 atom stereocenters. The molecule has 2 aromatic rings. The minimum Gasteiger partial charge on any atom is -0.336 e. The lowest BCUT2D eigenvalue weighted by atomic mass is 9.94. The van der Waals surface area contributed by atoms with Crippen LogP contribution in [0.25, 0.3) is 0 Å². The van der Waals surface area contributed by atoms with Crippen LogP contribution in [-0.2, 0) is 6.54 Å². The van der Waals surface area contributed by atoms with Crippen molar-refractivity contribution < 1.29 is 9.59 Å². The van der Waals surface area contributed by atoms with E-state index >= 15 is 0 Å². The number of carbonyl (C=O) groups is 2. The van der Waals surface area contributed by atoms with Gasteiger partial charge in [0.1, 0.15) is 0 Å². The van der Waals surface area contributed by atoms with E-state index < -0.39 is 0 Å². The molecule has 1 aromatic carbocycles. The van der Waals surface area contributed by atoms with E-state index in [1.54, 1.807) is 19.1 Å². The fourth-order valence-corrected chi connectivity index (χ4v) is 5.02. The average Bonchev–Trinajstić information content (AvgIpc) is 2.97. The Morgan fingerprint density at radius 1 is 1.00 bits per heavy atom. The number of hydrogen-bond donors (Lipinski definition) is 0. The number of piperidine rings is 1. The van der Waals surface area contributed by atoms with E-state index in [9.17, 15) is 9.59 Å². The monoisotopic (exact) mass is 368 g/mol. The Labute approximate surface area is 158 Å². The average molecular weight is 369 g/mol. The van der Waals surface area contributed by atoms with Gasteiger partial charge in [-0.15, -0.1) is 11.3 Å². The van der Waals surface area contributed by atoms with Crippen LogP contribution in [0.5, 0.6) is 0 Å². The fraction of sp³-hybridized carbons (Fsp3) is 0.429. The van der Waals surface area contributed by atoms with Gasteiger partial charge in [0.15, 0.2) is 5.78 Å². The zero-order chi connectivity index (χ0) is 18.1. The molecule has 0 aliphatic carbocycles. The molecule has 5 rings (SSSR count). The molecule has 1 aromatic heterocycles. The molecule has 2 bridgehead atoms. The van der Waals surface area contributed by atoms with Crippen LogP contribution in [-0.4, -0.2) is 47.2 Å². The van der Waals surface area contributed by atoms with Crippen molar-refractivity contribution in [3.63, 3.8) is 0 Å². The Hall–Kier alpha value is -1.98. The summed E-state index contributed by atoms with van der Waals surface area (Å²) >= 11 is 1.32. The van der Waals surface area contributed by atoms with Gasteiger partial charge in [0.05, 0.1) is 9.75 Å². The van der Waals surface area contributed by atoms with Crippen LogP contribution in [0.15, 0.2) is 42.5 Å². The summed E-state index contributed by atoms with van der Waals surface area (Å²) in [6.07, 6.45) is 2.35. The van der Waals surface area contributed by atoms with Crippen molar-refractivity contribution in [1.82, 2.24) is 9.80 Å². The molecule has 26 heavy (non-hydrogen) atoms. The number of thiophene rings is 1. The Bertz CT molecular complexity index is 801. The van der Waals surface area contributed by atoms with E-state index in [2.05, 4.69) is 35.2 Å². The Balaban J connectivity index is 1.48. The largest absolute Gasteiger partial charge is 0.336 e. The third-order valence-electron chi connectivity index (χ3n) is 5.51. The summed E-state index contributed by atoms with van der Waals surface area (Å²) in [7, 11) is 0. The highest BCUT2D eigenvalue weighted by Crippen LogP contribution is 2.30. The molecule has 4 heterocycles. The van der Waals surface area contributed by atoms with Gasteiger partial charge in [-0.1, -0.05) is 30.3 Å². The van der Waals surface area contributed by atoms with Crippen LogP contribution in [0.3, 0.4) is 0 Å². The van der Waals surface area contributed by atoms with Crippen molar-refractivity contribution in [3.05, 3.63) is 57.8 Å². The highest BCUT2D eigenvalue weighted by Gasteiger charge is 2.36. The maximum Gasteiger partial charge on any atom is 0.264 e. The van der Waals surface area contributed by atoms with E-state index in [-0.39, 0.29) is 11.7 Å². The van der Waals surface area contributed by atoms with E-state index in [4.69, 9.17) is 0 Å². The van der Waals surface area contributed by atoms with Gasteiger partial charge in [0.2, 0.25) is 0 Å². The highest BCUT2D eigenvalue weighted by molar-refractivity contribution is 7.15.